The second kappa shape index (κ2) is 7.07. The molecular weight excluding hydrogens is 378 g/mol. The van der Waals surface area contributed by atoms with Gasteiger partial charge >= 0.3 is 0 Å². The molecule has 7 nitrogen and oxygen atoms in total. The normalized spacial score (nSPS) is 17.2. The van der Waals surface area contributed by atoms with Crippen molar-refractivity contribution in [3.05, 3.63) is 46.4 Å². The van der Waals surface area contributed by atoms with Gasteiger partial charge in [-0.15, -0.1) is 0 Å². The van der Waals surface area contributed by atoms with Crippen molar-refractivity contribution in [3.63, 3.8) is 0 Å². The lowest BCUT2D eigenvalue weighted by atomic mass is 10.2. The van der Waals surface area contributed by atoms with Crippen LogP contribution in [0.25, 0.3) is 11.1 Å². The van der Waals surface area contributed by atoms with E-state index in [1.807, 2.05) is 44.0 Å². The summed E-state index contributed by atoms with van der Waals surface area (Å²) in [6.45, 7) is 4.83. The Morgan fingerprint density at radius 1 is 1.32 bits per heavy atom. The first kappa shape index (κ1) is 18.7. The maximum Gasteiger partial charge on any atom is 0.244 e. The highest BCUT2D eigenvalue weighted by molar-refractivity contribution is 6.33. The molecule has 1 atom stereocenters. The first-order valence-electron chi connectivity index (χ1n) is 9.15. The van der Waals surface area contributed by atoms with E-state index < -0.39 is 0 Å². The summed E-state index contributed by atoms with van der Waals surface area (Å²) in [4.78, 5) is 25.6. The molecule has 1 aliphatic rings. The molecule has 3 heterocycles. The van der Waals surface area contributed by atoms with Gasteiger partial charge in [0.25, 0.3) is 0 Å². The fraction of sp³-hybridized carbons (Fsp3) is 0.350. The van der Waals surface area contributed by atoms with E-state index in [1.54, 1.807) is 11.0 Å². The number of rotatable bonds is 4. The van der Waals surface area contributed by atoms with Crippen molar-refractivity contribution in [1.82, 2.24) is 14.9 Å². The quantitative estimate of drug-likeness (QED) is 0.724. The zero-order chi connectivity index (χ0) is 20.0. The molecule has 2 aromatic heterocycles. The highest BCUT2D eigenvalue weighted by atomic mass is 35.5. The van der Waals surface area contributed by atoms with Crippen LogP contribution in [-0.2, 0) is 11.3 Å². The molecule has 0 spiro atoms. The third-order valence-corrected chi connectivity index (χ3v) is 5.67. The molecule has 8 heteroatoms. The van der Waals surface area contributed by atoms with Crippen LogP contribution in [0.4, 0.5) is 11.5 Å². The highest BCUT2D eigenvalue weighted by Gasteiger charge is 2.36. The monoisotopic (exact) mass is 399 g/mol. The average molecular weight is 400 g/mol. The summed E-state index contributed by atoms with van der Waals surface area (Å²) >= 11 is 6.26. The van der Waals surface area contributed by atoms with Gasteiger partial charge in [-0.25, -0.2) is 4.98 Å². The number of halogens is 1. The molecule has 0 bridgehead atoms. The summed E-state index contributed by atoms with van der Waals surface area (Å²) in [6.07, 6.45) is 0.706. The number of hydrogen-bond donors (Lipinski definition) is 1. The lowest BCUT2D eigenvalue weighted by Gasteiger charge is -2.23. The zero-order valence-corrected chi connectivity index (χ0v) is 16.8. The minimum absolute atomic E-state index is 0.0225. The number of para-hydroxylation sites is 1. The second-order valence-electron chi connectivity index (χ2n) is 7.15. The van der Waals surface area contributed by atoms with E-state index in [-0.39, 0.29) is 11.9 Å². The summed E-state index contributed by atoms with van der Waals surface area (Å²) in [6, 6.07) is 7.12. The average Bonchev–Trinajstić information content (AvgIpc) is 3.15. The SMILES string of the molecule is Cc1oc2nc(CN(C)C3CCN(c4ccccc4Cl)C3=O)nc(N)c2c1C. The number of nitrogen functional groups attached to an aromatic ring is 1. The maximum atomic E-state index is 13.0. The van der Waals surface area contributed by atoms with Gasteiger partial charge in [0.15, 0.2) is 0 Å². The van der Waals surface area contributed by atoms with Crippen LogP contribution >= 0.6 is 11.6 Å². The van der Waals surface area contributed by atoms with Crippen LogP contribution in [0.2, 0.25) is 5.02 Å². The number of furan rings is 1. The number of likely N-dealkylation sites (N-methyl/N-ethyl adjacent to an activating group) is 1. The molecule has 2 N–H and O–H groups in total. The number of amides is 1. The number of anilines is 2. The molecule has 1 aliphatic heterocycles. The van der Waals surface area contributed by atoms with E-state index in [9.17, 15) is 4.79 Å². The number of carbonyl (C=O) groups is 1. The third kappa shape index (κ3) is 3.10. The van der Waals surface area contributed by atoms with E-state index in [1.165, 1.54) is 0 Å². The van der Waals surface area contributed by atoms with Crippen molar-refractivity contribution in [2.75, 3.05) is 24.2 Å². The largest absolute Gasteiger partial charge is 0.443 e. The van der Waals surface area contributed by atoms with Gasteiger partial charge in [0.1, 0.15) is 17.4 Å². The fourth-order valence-electron chi connectivity index (χ4n) is 3.71. The molecule has 0 radical (unpaired) electrons. The number of fused-ring (bicyclic) bond motifs is 1. The molecule has 1 unspecified atom stereocenters. The van der Waals surface area contributed by atoms with Gasteiger partial charge in [-0.1, -0.05) is 23.7 Å². The molecule has 1 fully saturated rings. The number of aryl methyl sites for hydroxylation is 2. The Morgan fingerprint density at radius 3 is 2.82 bits per heavy atom. The van der Waals surface area contributed by atoms with Crippen LogP contribution in [0, 0.1) is 13.8 Å². The lowest BCUT2D eigenvalue weighted by molar-refractivity contribution is -0.121. The Hall–Kier alpha value is -2.64. The number of benzene rings is 1. The van der Waals surface area contributed by atoms with Crippen molar-refractivity contribution in [1.29, 1.82) is 0 Å². The fourth-order valence-corrected chi connectivity index (χ4v) is 3.95. The van der Waals surface area contributed by atoms with Gasteiger partial charge in [-0.2, -0.15) is 4.98 Å². The van der Waals surface area contributed by atoms with Gasteiger partial charge in [-0.3, -0.25) is 9.69 Å². The van der Waals surface area contributed by atoms with Crippen LogP contribution in [0.15, 0.2) is 28.7 Å². The Labute approximate surface area is 168 Å². The maximum absolute atomic E-state index is 13.0. The van der Waals surface area contributed by atoms with Crippen molar-refractivity contribution in [3.8, 4) is 0 Å². The molecule has 28 heavy (non-hydrogen) atoms. The number of nitrogens with zero attached hydrogens (tertiary/aromatic N) is 4. The number of carbonyl (C=O) groups excluding carboxylic acids is 1. The van der Waals surface area contributed by atoms with Crippen LogP contribution < -0.4 is 10.6 Å². The van der Waals surface area contributed by atoms with E-state index in [0.29, 0.717) is 41.9 Å². The molecule has 1 amide bonds. The summed E-state index contributed by atoms with van der Waals surface area (Å²) in [7, 11) is 1.89. The molecule has 4 rings (SSSR count). The molecule has 0 aliphatic carbocycles. The Bertz CT molecular complexity index is 1060. The summed E-state index contributed by atoms with van der Waals surface area (Å²) in [5, 5.41) is 1.33. The zero-order valence-electron chi connectivity index (χ0n) is 16.1. The Balaban J connectivity index is 1.54. The van der Waals surface area contributed by atoms with Crippen molar-refractivity contribution < 1.29 is 9.21 Å². The van der Waals surface area contributed by atoms with Gasteiger partial charge in [0, 0.05) is 12.1 Å². The molecule has 0 saturated carbocycles. The predicted octanol–water partition coefficient (Wildman–Crippen LogP) is 3.31. The molecule has 146 valence electrons. The molecular formula is C20H22ClN5O2. The Morgan fingerprint density at radius 2 is 2.07 bits per heavy atom. The van der Waals surface area contributed by atoms with Gasteiger partial charge in [0.2, 0.25) is 11.6 Å². The highest BCUT2D eigenvalue weighted by Crippen LogP contribution is 2.31. The summed E-state index contributed by atoms with van der Waals surface area (Å²) in [5.74, 6) is 1.74. The third-order valence-electron chi connectivity index (χ3n) is 5.35. The van der Waals surface area contributed by atoms with Crippen LogP contribution in [0.5, 0.6) is 0 Å². The minimum Gasteiger partial charge on any atom is -0.443 e. The van der Waals surface area contributed by atoms with Gasteiger partial charge in [0.05, 0.1) is 28.7 Å². The first-order chi connectivity index (χ1) is 13.4. The number of nitrogens with two attached hydrogens (primary N) is 1. The van der Waals surface area contributed by atoms with Crippen LogP contribution in [0.1, 0.15) is 23.6 Å². The summed E-state index contributed by atoms with van der Waals surface area (Å²) < 4.78 is 5.70. The van der Waals surface area contributed by atoms with Crippen LogP contribution in [0.3, 0.4) is 0 Å². The van der Waals surface area contributed by atoms with E-state index in [2.05, 4.69) is 9.97 Å². The van der Waals surface area contributed by atoms with Crippen molar-refractivity contribution in [2.45, 2.75) is 32.9 Å². The minimum atomic E-state index is -0.267. The smallest absolute Gasteiger partial charge is 0.244 e. The number of aromatic nitrogens is 2. The lowest BCUT2D eigenvalue weighted by Crippen LogP contribution is -2.39. The molecule has 1 saturated heterocycles. The van der Waals surface area contributed by atoms with Crippen molar-refractivity contribution >= 4 is 40.1 Å². The molecule has 3 aromatic rings. The Kier molecular flexibility index (Phi) is 4.72. The topological polar surface area (TPSA) is 88.5 Å². The first-order valence-corrected chi connectivity index (χ1v) is 9.53. The predicted molar refractivity (Wildman–Crippen MR) is 109 cm³/mol. The number of hydrogen-bond acceptors (Lipinski definition) is 6. The van der Waals surface area contributed by atoms with Gasteiger partial charge in [-0.05, 0) is 39.4 Å². The van der Waals surface area contributed by atoms with Crippen molar-refractivity contribution in [2.24, 2.45) is 0 Å². The van der Waals surface area contributed by atoms with Gasteiger partial charge < -0.3 is 15.1 Å². The summed E-state index contributed by atoms with van der Waals surface area (Å²) in [5.41, 5.74) is 8.31. The van der Waals surface area contributed by atoms with E-state index in [4.69, 9.17) is 21.8 Å². The van der Waals surface area contributed by atoms with E-state index >= 15 is 0 Å². The molecule has 1 aromatic carbocycles. The standard InChI is InChI=1S/C20H22ClN5O2/c1-11-12(2)28-19-17(11)18(22)23-16(24-19)10-25(3)15-8-9-26(20(15)27)14-7-5-4-6-13(14)21/h4-7,15H,8-10H2,1-3H3,(H2,22,23,24). The van der Waals surface area contributed by atoms with E-state index in [0.717, 1.165) is 22.4 Å². The second-order valence-corrected chi connectivity index (χ2v) is 7.56. The van der Waals surface area contributed by atoms with Crippen LogP contribution in [-0.4, -0.2) is 40.4 Å².